The van der Waals surface area contributed by atoms with Gasteiger partial charge in [0, 0.05) is 11.8 Å². The third kappa shape index (κ3) is 2.71. The summed E-state index contributed by atoms with van der Waals surface area (Å²) in [6, 6.07) is 9.26. The summed E-state index contributed by atoms with van der Waals surface area (Å²) in [5.41, 5.74) is 0.766. The van der Waals surface area contributed by atoms with E-state index < -0.39 is 0 Å². The minimum Gasteiger partial charge on any atom is -0.438 e. The van der Waals surface area contributed by atoms with Gasteiger partial charge in [-0.25, -0.2) is 4.98 Å². The van der Waals surface area contributed by atoms with Gasteiger partial charge in [-0.2, -0.15) is 4.98 Å². The Kier molecular flexibility index (Phi) is 3.41. The maximum Gasteiger partial charge on any atom is 0.225 e. The van der Waals surface area contributed by atoms with Crippen LogP contribution in [0.4, 0.5) is 0 Å². The third-order valence-electron chi connectivity index (χ3n) is 1.85. The van der Waals surface area contributed by atoms with E-state index in [9.17, 15) is 0 Å². The number of aromatic nitrogens is 2. The number of aryl methyl sites for hydroxylation is 1. The average molecular weight is 300 g/mol. The van der Waals surface area contributed by atoms with Gasteiger partial charge >= 0.3 is 0 Å². The van der Waals surface area contributed by atoms with Crippen molar-refractivity contribution in [2.45, 2.75) is 6.92 Å². The monoisotopic (exact) mass is 298 g/mol. The predicted octanol–water partition coefficient (Wildman–Crippen LogP) is 3.99. The molecule has 0 saturated heterocycles. The molecule has 2 rings (SSSR count). The van der Waals surface area contributed by atoms with Crippen LogP contribution in [-0.4, -0.2) is 9.97 Å². The van der Waals surface area contributed by atoms with Crippen molar-refractivity contribution in [2.24, 2.45) is 0 Å². The van der Waals surface area contributed by atoms with Crippen molar-refractivity contribution < 1.29 is 4.74 Å². The number of benzene rings is 1. The molecule has 0 saturated carbocycles. The number of halogens is 2. The van der Waals surface area contributed by atoms with E-state index in [0.29, 0.717) is 11.6 Å². The number of nitrogens with zero attached hydrogens (tertiary/aromatic N) is 2. The summed E-state index contributed by atoms with van der Waals surface area (Å²) in [6.07, 6.45) is 0. The van der Waals surface area contributed by atoms with E-state index in [1.807, 2.05) is 31.2 Å². The van der Waals surface area contributed by atoms with E-state index >= 15 is 0 Å². The largest absolute Gasteiger partial charge is 0.438 e. The summed E-state index contributed by atoms with van der Waals surface area (Å²) in [6.45, 7) is 1.83. The molecule has 1 aromatic carbocycles. The first-order valence-corrected chi connectivity index (χ1v) is 5.76. The fourth-order valence-corrected chi connectivity index (χ4v) is 1.78. The summed E-state index contributed by atoms with van der Waals surface area (Å²) in [4.78, 5) is 7.94. The zero-order chi connectivity index (χ0) is 11.5. The van der Waals surface area contributed by atoms with Crippen LogP contribution in [0.1, 0.15) is 5.69 Å². The molecule has 82 valence electrons. The molecular formula is C11H8BrClN2O. The minimum absolute atomic E-state index is 0.182. The van der Waals surface area contributed by atoms with Crippen molar-refractivity contribution in [1.29, 1.82) is 0 Å². The Morgan fingerprint density at radius 3 is 2.69 bits per heavy atom. The molecule has 0 aliphatic heterocycles. The van der Waals surface area contributed by atoms with Crippen LogP contribution in [0.5, 0.6) is 11.6 Å². The molecule has 0 radical (unpaired) electrons. The summed E-state index contributed by atoms with van der Waals surface area (Å²) in [5.74, 6) is 1.13. The van der Waals surface area contributed by atoms with E-state index in [4.69, 9.17) is 16.3 Å². The predicted molar refractivity (Wildman–Crippen MR) is 66.0 cm³/mol. The highest BCUT2D eigenvalue weighted by Gasteiger charge is 2.05. The van der Waals surface area contributed by atoms with Crippen LogP contribution in [0, 0.1) is 6.92 Å². The molecule has 1 heterocycles. The van der Waals surface area contributed by atoms with Crippen molar-refractivity contribution in [1.82, 2.24) is 9.97 Å². The van der Waals surface area contributed by atoms with Crippen LogP contribution < -0.4 is 4.74 Å². The maximum atomic E-state index is 5.74. The van der Waals surface area contributed by atoms with Crippen LogP contribution in [0.2, 0.25) is 5.28 Å². The zero-order valence-electron chi connectivity index (χ0n) is 8.45. The quantitative estimate of drug-likeness (QED) is 0.786. The van der Waals surface area contributed by atoms with Gasteiger partial charge in [-0.3, -0.25) is 0 Å². The average Bonchev–Trinajstić information content (AvgIpc) is 2.20. The highest BCUT2D eigenvalue weighted by molar-refractivity contribution is 9.10. The number of ether oxygens (including phenoxy) is 1. The van der Waals surface area contributed by atoms with E-state index in [1.54, 1.807) is 6.07 Å². The van der Waals surface area contributed by atoms with Crippen LogP contribution in [0.25, 0.3) is 0 Å². The summed E-state index contributed by atoms with van der Waals surface area (Å²) >= 11 is 9.13. The molecule has 0 unspecified atom stereocenters. The smallest absolute Gasteiger partial charge is 0.225 e. The molecule has 0 bridgehead atoms. The molecule has 16 heavy (non-hydrogen) atoms. The van der Waals surface area contributed by atoms with Gasteiger partial charge in [-0.15, -0.1) is 0 Å². The van der Waals surface area contributed by atoms with Gasteiger partial charge in [0.25, 0.3) is 0 Å². The Hall–Kier alpha value is -1.13. The lowest BCUT2D eigenvalue weighted by Gasteiger charge is -2.06. The fourth-order valence-electron chi connectivity index (χ4n) is 1.20. The Bertz CT molecular complexity index is 499. The Labute approximate surface area is 107 Å². The molecule has 5 heteroatoms. The van der Waals surface area contributed by atoms with Gasteiger partial charge < -0.3 is 4.74 Å². The van der Waals surface area contributed by atoms with E-state index in [1.165, 1.54) is 0 Å². The summed E-state index contributed by atoms with van der Waals surface area (Å²) in [7, 11) is 0. The van der Waals surface area contributed by atoms with Crippen molar-refractivity contribution in [3.8, 4) is 11.6 Å². The Balaban J connectivity index is 2.30. The second kappa shape index (κ2) is 4.80. The Morgan fingerprint density at radius 1 is 1.25 bits per heavy atom. The maximum absolute atomic E-state index is 5.74. The van der Waals surface area contributed by atoms with Crippen LogP contribution >= 0.6 is 27.5 Å². The first-order valence-electron chi connectivity index (χ1n) is 4.59. The third-order valence-corrected chi connectivity index (χ3v) is 2.68. The van der Waals surface area contributed by atoms with E-state index in [0.717, 1.165) is 10.2 Å². The van der Waals surface area contributed by atoms with Crippen molar-refractivity contribution in [2.75, 3.05) is 0 Å². The molecule has 0 atom stereocenters. The molecular weight excluding hydrogens is 291 g/mol. The molecule has 1 aromatic heterocycles. The molecule has 0 aliphatic rings. The van der Waals surface area contributed by atoms with Crippen LogP contribution in [0.15, 0.2) is 34.8 Å². The zero-order valence-corrected chi connectivity index (χ0v) is 10.8. The first kappa shape index (κ1) is 11.4. The normalized spacial score (nSPS) is 10.2. The highest BCUT2D eigenvalue weighted by Crippen LogP contribution is 2.28. The number of para-hydroxylation sites is 1. The van der Waals surface area contributed by atoms with Crippen LogP contribution in [0.3, 0.4) is 0 Å². The Morgan fingerprint density at radius 2 is 2.00 bits per heavy atom. The van der Waals surface area contributed by atoms with Gasteiger partial charge in [0.15, 0.2) is 0 Å². The lowest BCUT2D eigenvalue weighted by atomic mass is 10.3. The molecule has 0 fully saturated rings. The van der Waals surface area contributed by atoms with Gasteiger partial charge in [-0.05, 0) is 46.6 Å². The van der Waals surface area contributed by atoms with E-state index in [2.05, 4.69) is 25.9 Å². The number of hydrogen-bond acceptors (Lipinski definition) is 3. The standard InChI is InChI=1S/C11H8BrClN2O/c1-7-6-10(15-11(13)14-7)16-9-5-3-2-4-8(9)12/h2-6H,1H3. The fraction of sp³-hybridized carbons (Fsp3) is 0.0909. The minimum atomic E-state index is 0.182. The first-order chi connectivity index (χ1) is 7.65. The molecule has 0 amide bonds. The van der Waals surface area contributed by atoms with Crippen molar-refractivity contribution in [3.63, 3.8) is 0 Å². The lowest BCUT2D eigenvalue weighted by Crippen LogP contribution is -1.92. The highest BCUT2D eigenvalue weighted by atomic mass is 79.9. The molecule has 0 aliphatic carbocycles. The van der Waals surface area contributed by atoms with Gasteiger partial charge in [0.05, 0.1) is 4.47 Å². The van der Waals surface area contributed by atoms with Gasteiger partial charge in [-0.1, -0.05) is 12.1 Å². The van der Waals surface area contributed by atoms with Gasteiger partial charge in [0.2, 0.25) is 11.2 Å². The second-order valence-corrected chi connectivity index (χ2v) is 4.34. The van der Waals surface area contributed by atoms with E-state index in [-0.39, 0.29) is 5.28 Å². The van der Waals surface area contributed by atoms with Crippen LogP contribution in [-0.2, 0) is 0 Å². The molecule has 2 aromatic rings. The second-order valence-electron chi connectivity index (χ2n) is 3.15. The lowest BCUT2D eigenvalue weighted by molar-refractivity contribution is 0.458. The SMILES string of the molecule is Cc1cc(Oc2ccccc2Br)nc(Cl)n1. The van der Waals surface area contributed by atoms with Gasteiger partial charge in [0.1, 0.15) is 5.75 Å². The van der Waals surface area contributed by atoms with Crippen molar-refractivity contribution >= 4 is 27.5 Å². The number of rotatable bonds is 2. The van der Waals surface area contributed by atoms with Crippen molar-refractivity contribution in [3.05, 3.63) is 45.8 Å². The molecule has 0 N–H and O–H groups in total. The topological polar surface area (TPSA) is 35.0 Å². The number of hydrogen-bond donors (Lipinski definition) is 0. The summed E-state index contributed by atoms with van der Waals surface area (Å²) in [5, 5.41) is 0.182. The molecule has 3 nitrogen and oxygen atoms in total. The molecule has 0 spiro atoms. The summed E-state index contributed by atoms with van der Waals surface area (Å²) < 4.78 is 6.45.